The van der Waals surface area contributed by atoms with Gasteiger partial charge in [0.05, 0.1) is 6.54 Å². The van der Waals surface area contributed by atoms with Gasteiger partial charge in [-0.3, -0.25) is 0 Å². The Morgan fingerprint density at radius 3 is 2.96 bits per heavy atom. The van der Waals surface area contributed by atoms with Crippen LogP contribution in [0.3, 0.4) is 0 Å². The van der Waals surface area contributed by atoms with Crippen LogP contribution >= 0.6 is 11.3 Å². The lowest BCUT2D eigenvalue weighted by molar-refractivity contribution is 0.174. The number of hydrogen-bond donors (Lipinski definition) is 2. The zero-order chi connectivity index (χ0) is 15.9. The summed E-state index contributed by atoms with van der Waals surface area (Å²) in [6.45, 7) is 4.68. The second-order valence-electron chi connectivity index (χ2n) is 5.14. The van der Waals surface area contributed by atoms with Crippen LogP contribution in [0.15, 0.2) is 40.7 Å². The fraction of sp³-hybridized carbons (Fsp3) is 0.353. The van der Waals surface area contributed by atoms with E-state index in [0.717, 1.165) is 42.5 Å². The molecule has 3 rings (SSSR count). The molecule has 2 heterocycles. The number of benzene rings is 1. The van der Waals surface area contributed by atoms with E-state index in [4.69, 9.17) is 9.47 Å². The molecule has 0 unspecified atom stereocenters. The largest absolute Gasteiger partial charge is 0.454 e. The molecule has 0 aliphatic carbocycles. The van der Waals surface area contributed by atoms with Crippen molar-refractivity contribution in [3.8, 4) is 11.5 Å². The van der Waals surface area contributed by atoms with E-state index in [-0.39, 0.29) is 0 Å². The zero-order valence-corrected chi connectivity index (χ0v) is 14.0. The van der Waals surface area contributed by atoms with Crippen molar-refractivity contribution in [2.75, 3.05) is 19.9 Å². The Bertz CT molecular complexity index is 656. The maximum absolute atomic E-state index is 5.40. The average molecular weight is 331 g/mol. The summed E-state index contributed by atoms with van der Waals surface area (Å²) in [4.78, 5) is 6.01. The van der Waals surface area contributed by atoms with E-state index in [1.807, 2.05) is 18.2 Å². The van der Waals surface area contributed by atoms with Crippen molar-refractivity contribution in [1.82, 2.24) is 10.6 Å². The molecule has 122 valence electrons. The summed E-state index contributed by atoms with van der Waals surface area (Å²) in [7, 11) is 0. The molecule has 1 aliphatic rings. The van der Waals surface area contributed by atoms with Crippen LogP contribution in [0, 0.1) is 0 Å². The van der Waals surface area contributed by atoms with Crippen LogP contribution in [0.25, 0.3) is 0 Å². The van der Waals surface area contributed by atoms with E-state index in [2.05, 4.69) is 40.1 Å². The predicted octanol–water partition coefficient (Wildman–Crippen LogP) is 2.77. The van der Waals surface area contributed by atoms with Gasteiger partial charge in [0.1, 0.15) is 0 Å². The van der Waals surface area contributed by atoms with Gasteiger partial charge in [-0.15, -0.1) is 11.3 Å². The van der Waals surface area contributed by atoms with Crippen molar-refractivity contribution >= 4 is 17.3 Å². The minimum atomic E-state index is 0.301. The van der Waals surface area contributed by atoms with Crippen molar-refractivity contribution in [2.24, 2.45) is 4.99 Å². The number of nitrogens with one attached hydrogen (secondary N) is 2. The van der Waals surface area contributed by atoms with E-state index >= 15 is 0 Å². The van der Waals surface area contributed by atoms with Gasteiger partial charge >= 0.3 is 0 Å². The molecule has 0 saturated carbocycles. The maximum Gasteiger partial charge on any atom is 0.231 e. The number of rotatable bonds is 6. The summed E-state index contributed by atoms with van der Waals surface area (Å²) in [5.74, 6) is 2.44. The molecular formula is C17H21N3O2S. The number of hydrogen-bond acceptors (Lipinski definition) is 4. The van der Waals surface area contributed by atoms with Gasteiger partial charge in [-0.2, -0.15) is 0 Å². The highest BCUT2D eigenvalue weighted by atomic mass is 32.1. The molecule has 2 aromatic rings. The van der Waals surface area contributed by atoms with Crippen molar-refractivity contribution in [3.63, 3.8) is 0 Å². The highest BCUT2D eigenvalue weighted by Gasteiger charge is 2.12. The summed E-state index contributed by atoms with van der Waals surface area (Å²) in [5.41, 5.74) is 1.10. The summed E-state index contributed by atoms with van der Waals surface area (Å²) in [5, 5.41) is 8.75. The molecule has 23 heavy (non-hydrogen) atoms. The monoisotopic (exact) mass is 331 g/mol. The first-order valence-electron chi connectivity index (χ1n) is 7.78. The molecule has 0 saturated heterocycles. The second kappa shape index (κ2) is 7.87. The van der Waals surface area contributed by atoms with Gasteiger partial charge < -0.3 is 20.1 Å². The van der Waals surface area contributed by atoms with Gasteiger partial charge in [0, 0.05) is 18.0 Å². The molecule has 1 aliphatic heterocycles. The van der Waals surface area contributed by atoms with Crippen molar-refractivity contribution < 1.29 is 9.47 Å². The van der Waals surface area contributed by atoms with Crippen LogP contribution in [-0.2, 0) is 13.0 Å². The third kappa shape index (κ3) is 4.39. The molecule has 0 bridgehead atoms. The quantitative estimate of drug-likeness (QED) is 0.631. The SMILES string of the molecule is CCNC(=NCc1ccc2c(c1)OCO2)NCCc1cccs1. The van der Waals surface area contributed by atoms with Crippen LogP contribution in [0.2, 0.25) is 0 Å². The molecule has 1 aromatic carbocycles. The van der Waals surface area contributed by atoms with E-state index in [1.54, 1.807) is 11.3 Å². The van der Waals surface area contributed by atoms with E-state index in [0.29, 0.717) is 13.3 Å². The molecule has 0 spiro atoms. The Labute approximate surface area is 140 Å². The first kappa shape index (κ1) is 15.7. The number of aliphatic imine (C=N–C) groups is 1. The Kier molecular flexibility index (Phi) is 5.37. The fourth-order valence-corrected chi connectivity index (χ4v) is 3.02. The van der Waals surface area contributed by atoms with Crippen LogP contribution < -0.4 is 20.1 Å². The Balaban J connectivity index is 1.55. The minimum Gasteiger partial charge on any atom is -0.454 e. The maximum atomic E-state index is 5.40. The standard InChI is InChI=1S/C17H21N3O2S/c1-2-18-17(19-8-7-14-4-3-9-23-14)20-11-13-5-6-15-16(10-13)22-12-21-15/h3-6,9-10H,2,7-8,11-12H2,1H3,(H2,18,19,20). The summed E-state index contributed by atoms with van der Waals surface area (Å²) in [6, 6.07) is 10.2. The molecular weight excluding hydrogens is 310 g/mol. The van der Waals surface area contributed by atoms with Gasteiger partial charge in [0.2, 0.25) is 6.79 Å². The van der Waals surface area contributed by atoms with Gasteiger partial charge in [0.15, 0.2) is 17.5 Å². The molecule has 0 fully saturated rings. The van der Waals surface area contributed by atoms with Gasteiger partial charge in [0.25, 0.3) is 0 Å². The number of thiophene rings is 1. The molecule has 6 heteroatoms. The summed E-state index contributed by atoms with van der Waals surface area (Å²) < 4.78 is 10.7. The lowest BCUT2D eigenvalue weighted by Crippen LogP contribution is -2.38. The lowest BCUT2D eigenvalue weighted by atomic mass is 10.2. The highest BCUT2D eigenvalue weighted by Crippen LogP contribution is 2.32. The normalized spacial score (nSPS) is 13.2. The van der Waals surface area contributed by atoms with Gasteiger partial charge in [-0.1, -0.05) is 12.1 Å². The molecule has 5 nitrogen and oxygen atoms in total. The Morgan fingerprint density at radius 1 is 1.22 bits per heavy atom. The number of nitrogens with zero attached hydrogens (tertiary/aromatic N) is 1. The molecule has 0 amide bonds. The second-order valence-corrected chi connectivity index (χ2v) is 6.17. The predicted molar refractivity (Wildman–Crippen MR) is 93.4 cm³/mol. The van der Waals surface area contributed by atoms with Crippen molar-refractivity contribution in [2.45, 2.75) is 19.9 Å². The van der Waals surface area contributed by atoms with Crippen LogP contribution in [0.5, 0.6) is 11.5 Å². The minimum absolute atomic E-state index is 0.301. The number of fused-ring (bicyclic) bond motifs is 1. The first-order chi connectivity index (χ1) is 11.3. The number of ether oxygens (including phenoxy) is 2. The molecule has 0 atom stereocenters. The van der Waals surface area contributed by atoms with Crippen molar-refractivity contribution in [3.05, 3.63) is 46.2 Å². The van der Waals surface area contributed by atoms with Crippen LogP contribution in [-0.4, -0.2) is 25.8 Å². The molecule has 1 aromatic heterocycles. The highest BCUT2D eigenvalue weighted by molar-refractivity contribution is 7.09. The topological polar surface area (TPSA) is 54.9 Å². The van der Waals surface area contributed by atoms with E-state index < -0.39 is 0 Å². The van der Waals surface area contributed by atoms with Crippen molar-refractivity contribution in [1.29, 1.82) is 0 Å². The van der Waals surface area contributed by atoms with Crippen LogP contribution in [0.4, 0.5) is 0 Å². The fourth-order valence-electron chi connectivity index (χ4n) is 2.31. The molecule has 2 N–H and O–H groups in total. The number of guanidine groups is 1. The summed E-state index contributed by atoms with van der Waals surface area (Å²) in [6.07, 6.45) is 1.01. The van der Waals surface area contributed by atoms with E-state index in [1.165, 1.54) is 4.88 Å². The lowest BCUT2D eigenvalue weighted by Gasteiger charge is -2.11. The first-order valence-corrected chi connectivity index (χ1v) is 8.66. The van der Waals surface area contributed by atoms with Gasteiger partial charge in [-0.25, -0.2) is 4.99 Å². The Hall–Kier alpha value is -2.21. The third-order valence-electron chi connectivity index (χ3n) is 3.44. The van der Waals surface area contributed by atoms with Gasteiger partial charge in [-0.05, 0) is 42.5 Å². The Morgan fingerprint density at radius 2 is 2.13 bits per heavy atom. The zero-order valence-electron chi connectivity index (χ0n) is 13.2. The summed E-state index contributed by atoms with van der Waals surface area (Å²) >= 11 is 1.78. The smallest absolute Gasteiger partial charge is 0.231 e. The van der Waals surface area contributed by atoms with E-state index in [9.17, 15) is 0 Å². The molecule has 0 radical (unpaired) electrons. The average Bonchev–Trinajstić information content (AvgIpc) is 3.23. The van der Waals surface area contributed by atoms with Crippen LogP contribution in [0.1, 0.15) is 17.4 Å². The third-order valence-corrected chi connectivity index (χ3v) is 4.38.